The highest BCUT2D eigenvalue weighted by Gasteiger charge is 2.19. The summed E-state index contributed by atoms with van der Waals surface area (Å²) >= 11 is 0. The van der Waals surface area contributed by atoms with Gasteiger partial charge in [0.15, 0.2) is 0 Å². The normalized spacial score (nSPS) is 19.5. The van der Waals surface area contributed by atoms with E-state index in [9.17, 15) is 0 Å². The summed E-state index contributed by atoms with van der Waals surface area (Å²) in [6.07, 6.45) is 9.90. The first-order valence-corrected chi connectivity index (χ1v) is 9.18. The third kappa shape index (κ3) is 3.99. The molecule has 0 aromatic carbocycles. The Morgan fingerprint density at radius 1 is 1.24 bits per heavy atom. The zero-order valence-corrected chi connectivity index (χ0v) is 14.8. The van der Waals surface area contributed by atoms with Crippen LogP contribution < -0.4 is 5.32 Å². The van der Waals surface area contributed by atoms with Gasteiger partial charge in [-0.25, -0.2) is 9.97 Å². The highest BCUT2D eigenvalue weighted by Crippen LogP contribution is 2.23. The highest BCUT2D eigenvalue weighted by molar-refractivity contribution is 5.29. The quantitative estimate of drug-likeness (QED) is 0.800. The Kier molecular flexibility index (Phi) is 4.94. The highest BCUT2D eigenvalue weighted by atomic mass is 16.5. The number of hydrogen-bond acceptors (Lipinski definition) is 6. The molecule has 1 aliphatic heterocycles. The van der Waals surface area contributed by atoms with Gasteiger partial charge in [-0.15, -0.1) is 0 Å². The average molecular weight is 342 g/mol. The van der Waals surface area contributed by atoms with E-state index in [2.05, 4.69) is 37.4 Å². The molecule has 0 saturated carbocycles. The molecule has 3 heterocycles. The van der Waals surface area contributed by atoms with Crippen LogP contribution in [0.5, 0.6) is 0 Å². The van der Waals surface area contributed by atoms with E-state index in [4.69, 9.17) is 4.74 Å². The van der Waals surface area contributed by atoms with E-state index in [1.54, 1.807) is 0 Å². The molecule has 2 N–H and O–H groups in total. The molecule has 1 aliphatic carbocycles. The smallest absolute Gasteiger partial charge is 0.222 e. The number of nitrogens with one attached hydrogen (secondary N) is 2. The minimum absolute atomic E-state index is 0.296. The topological polar surface area (TPSA) is 79.0 Å². The lowest BCUT2D eigenvalue weighted by molar-refractivity contribution is 0.120. The minimum atomic E-state index is 0.296. The molecule has 1 fully saturated rings. The van der Waals surface area contributed by atoms with Crippen molar-refractivity contribution in [1.82, 2.24) is 25.1 Å². The summed E-state index contributed by atoms with van der Waals surface area (Å²) in [5, 5.41) is 10.9. The van der Waals surface area contributed by atoms with Crippen molar-refractivity contribution in [3.05, 3.63) is 34.9 Å². The minimum Gasteiger partial charge on any atom is -0.376 e. The van der Waals surface area contributed by atoms with Crippen LogP contribution in [0.2, 0.25) is 0 Å². The Bertz CT molecular complexity index is 692. The van der Waals surface area contributed by atoms with Gasteiger partial charge in [0, 0.05) is 49.9 Å². The lowest BCUT2D eigenvalue weighted by atomic mass is 10.2. The molecule has 2 aliphatic rings. The first-order valence-electron chi connectivity index (χ1n) is 9.18. The molecular formula is C18H26N6O. The maximum absolute atomic E-state index is 5.60. The first-order chi connectivity index (χ1) is 12.3. The molecule has 2 aromatic rings. The van der Waals surface area contributed by atoms with Crippen LogP contribution >= 0.6 is 0 Å². The van der Waals surface area contributed by atoms with E-state index in [0.717, 1.165) is 57.5 Å². The molecule has 1 unspecified atom stereocenters. The molecule has 0 bridgehead atoms. The third-order valence-corrected chi connectivity index (χ3v) is 4.98. The standard InChI is InChI=1S/C18H26N6O/c1-24(12-17-15-5-2-6-16(15)22-23-17)11-13-8-19-18(20-9-13)21-10-14-4-3-7-25-14/h8-9,14H,2-7,10-12H2,1H3,(H,22,23)(H,19,20,21). The van der Waals surface area contributed by atoms with Crippen molar-refractivity contribution in [2.75, 3.05) is 25.5 Å². The fraction of sp³-hybridized carbons (Fsp3) is 0.611. The van der Waals surface area contributed by atoms with Crippen LogP contribution in [-0.4, -0.2) is 51.4 Å². The summed E-state index contributed by atoms with van der Waals surface area (Å²) in [6.45, 7) is 3.32. The van der Waals surface area contributed by atoms with Gasteiger partial charge in [0.1, 0.15) is 0 Å². The summed E-state index contributed by atoms with van der Waals surface area (Å²) in [5.41, 5.74) is 5.05. The molecule has 25 heavy (non-hydrogen) atoms. The van der Waals surface area contributed by atoms with Crippen molar-refractivity contribution in [2.24, 2.45) is 0 Å². The second-order valence-corrected chi connectivity index (χ2v) is 7.08. The van der Waals surface area contributed by atoms with Crippen molar-refractivity contribution >= 4 is 5.95 Å². The predicted octanol–water partition coefficient (Wildman–Crippen LogP) is 1.91. The van der Waals surface area contributed by atoms with Gasteiger partial charge >= 0.3 is 0 Å². The zero-order valence-electron chi connectivity index (χ0n) is 14.8. The molecule has 7 heteroatoms. The lowest BCUT2D eigenvalue weighted by Gasteiger charge is -2.16. The van der Waals surface area contributed by atoms with Crippen molar-refractivity contribution < 1.29 is 4.74 Å². The number of anilines is 1. The van der Waals surface area contributed by atoms with Crippen LogP contribution in [0.4, 0.5) is 5.95 Å². The van der Waals surface area contributed by atoms with Gasteiger partial charge in [0.05, 0.1) is 11.8 Å². The molecular weight excluding hydrogens is 316 g/mol. The van der Waals surface area contributed by atoms with Crippen molar-refractivity contribution in [1.29, 1.82) is 0 Å². The maximum atomic E-state index is 5.60. The van der Waals surface area contributed by atoms with Gasteiger partial charge in [-0.1, -0.05) is 0 Å². The number of aryl methyl sites for hydroxylation is 1. The number of aromatic amines is 1. The number of hydrogen-bond donors (Lipinski definition) is 2. The molecule has 0 amide bonds. The number of H-pyrrole nitrogens is 1. The SMILES string of the molecule is CN(Cc1cnc(NCC2CCCO2)nc1)Cc1n[nH]c2c1CCC2. The Balaban J connectivity index is 1.28. The Morgan fingerprint density at radius 2 is 2.12 bits per heavy atom. The molecule has 1 saturated heterocycles. The van der Waals surface area contributed by atoms with E-state index in [-0.39, 0.29) is 0 Å². The fourth-order valence-electron chi connectivity index (χ4n) is 3.68. The Morgan fingerprint density at radius 3 is 2.92 bits per heavy atom. The largest absolute Gasteiger partial charge is 0.376 e. The summed E-state index contributed by atoms with van der Waals surface area (Å²) in [6, 6.07) is 0. The van der Waals surface area contributed by atoms with Gasteiger partial charge in [0.25, 0.3) is 0 Å². The summed E-state index contributed by atoms with van der Waals surface area (Å²) in [5.74, 6) is 0.673. The zero-order chi connectivity index (χ0) is 17.1. The third-order valence-electron chi connectivity index (χ3n) is 4.98. The van der Waals surface area contributed by atoms with Crippen LogP contribution in [0, 0.1) is 0 Å². The number of ether oxygens (including phenoxy) is 1. The second-order valence-electron chi connectivity index (χ2n) is 7.08. The monoisotopic (exact) mass is 342 g/mol. The molecule has 0 radical (unpaired) electrons. The van der Waals surface area contributed by atoms with Crippen molar-refractivity contribution in [3.8, 4) is 0 Å². The molecule has 7 nitrogen and oxygen atoms in total. The van der Waals surface area contributed by atoms with E-state index in [1.165, 1.54) is 23.4 Å². The van der Waals surface area contributed by atoms with Crippen LogP contribution in [-0.2, 0) is 30.7 Å². The van der Waals surface area contributed by atoms with E-state index < -0.39 is 0 Å². The Hall–Kier alpha value is -1.99. The van der Waals surface area contributed by atoms with Crippen LogP contribution in [0.1, 0.15) is 41.8 Å². The summed E-state index contributed by atoms with van der Waals surface area (Å²) in [4.78, 5) is 11.1. The Labute approximate surface area is 148 Å². The number of fused-ring (bicyclic) bond motifs is 1. The van der Waals surface area contributed by atoms with E-state index in [0.29, 0.717) is 12.1 Å². The average Bonchev–Trinajstić information content (AvgIpc) is 3.34. The van der Waals surface area contributed by atoms with Gasteiger partial charge in [0.2, 0.25) is 5.95 Å². The molecule has 134 valence electrons. The lowest BCUT2D eigenvalue weighted by Crippen LogP contribution is -2.20. The first kappa shape index (κ1) is 16.5. The van der Waals surface area contributed by atoms with E-state index >= 15 is 0 Å². The van der Waals surface area contributed by atoms with Crippen molar-refractivity contribution in [3.63, 3.8) is 0 Å². The van der Waals surface area contributed by atoms with Crippen LogP contribution in [0.15, 0.2) is 12.4 Å². The number of rotatable bonds is 7. The molecule has 0 spiro atoms. The van der Waals surface area contributed by atoms with Crippen molar-refractivity contribution in [2.45, 2.75) is 51.3 Å². The molecule has 1 atom stereocenters. The van der Waals surface area contributed by atoms with Crippen LogP contribution in [0.3, 0.4) is 0 Å². The molecule has 4 rings (SSSR count). The van der Waals surface area contributed by atoms with Crippen LogP contribution in [0.25, 0.3) is 0 Å². The van der Waals surface area contributed by atoms with Gasteiger partial charge in [-0.3, -0.25) is 10.00 Å². The maximum Gasteiger partial charge on any atom is 0.222 e. The summed E-state index contributed by atoms with van der Waals surface area (Å²) in [7, 11) is 2.11. The number of nitrogens with zero attached hydrogens (tertiary/aromatic N) is 4. The predicted molar refractivity (Wildman–Crippen MR) is 95.3 cm³/mol. The van der Waals surface area contributed by atoms with Gasteiger partial charge in [-0.2, -0.15) is 5.10 Å². The molecule has 2 aromatic heterocycles. The second kappa shape index (κ2) is 7.49. The van der Waals surface area contributed by atoms with E-state index in [1.807, 2.05) is 12.4 Å². The number of aromatic nitrogens is 4. The fourth-order valence-corrected chi connectivity index (χ4v) is 3.68. The summed E-state index contributed by atoms with van der Waals surface area (Å²) < 4.78 is 5.60. The van der Waals surface area contributed by atoms with Gasteiger partial charge in [-0.05, 0) is 44.7 Å². The van der Waals surface area contributed by atoms with Gasteiger partial charge < -0.3 is 10.1 Å².